The number of unbranched alkanes of at least 4 members (excludes halogenated alkanes) is 3. The molecule has 4 heterocycles. The molecule has 2 amide bonds. The van der Waals surface area contributed by atoms with Crippen molar-refractivity contribution in [3.8, 4) is 33.9 Å². The van der Waals surface area contributed by atoms with E-state index in [1.807, 2.05) is 52.0 Å². The monoisotopic (exact) mass is 1130 g/mol. The Bertz CT molecular complexity index is 4140. The molecule has 14 heteroatoms. The van der Waals surface area contributed by atoms with Crippen molar-refractivity contribution in [3.63, 3.8) is 0 Å². The first-order valence-electron chi connectivity index (χ1n) is 29.5. The summed E-state index contributed by atoms with van der Waals surface area (Å²) in [4.78, 5) is 61.1. The number of hydrogen-bond acceptors (Lipinski definition) is 9. The Kier molecular flexibility index (Phi) is 16.1. The van der Waals surface area contributed by atoms with Gasteiger partial charge in [-0.05, 0) is 176 Å². The maximum atomic E-state index is 14.1. The number of benzene rings is 6. The molecular weight excluding hydrogens is 1050 g/mol. The summed E-state index contributed by atoms with van der Waals surface area (Å²) < 4.78 is 15.8. The van der Waals surface area contributed by atoms with Crippen molar-refractivity contribution in [1.82, 2.24) is 15.2 Å². The predicted octanol–water partition coefficient (Wildman–Crippen LogP) is 12.4. The standard InChI is InChI=1S/C70H76N6O8/c1-13-71-55-33-59-51(27-39(55)5)63(52-28-40(6)56(72-14-2)34-60(52)83-59)45-23-21-44(30-50(45)68(81)82)66(78)74-26-20-18-17-19-25-73-65(77)43-22-24-46(67(79)80)49(29-43)64-53-31-47-41(7)37-69(9,10)75(15-3)57(47)35-61(53)84-62-36-58-48(32-54(62)64)42(8)38-70(11,12)76(58)16-4/h21-24,27-38H,13-20,25-26H2,1-12H3,(H4-,71,72,73,74,77,78,79,80,81,82)/p+1. The Hall–Kier alpha value is -8.78. The van der Waals surface area contributed by atoms with Gasteiger partial charge in [-0.3, -0.25) is 14.6 Å². The first-order valence-corrected chi connectivity index (χ1v) is 29.5. The number of amides is 2. The normalized spacial score (nSPS) is 14.9. The largest absolute Gasteiger partial charge is 0.478 e. The van der Waals surface area contributed by atoms with E-state index >= 15 is 0 Å². The van der Waals surface area contributed by atoms with Crippen LogP contribution in [0.25, 0.3) is 50.1 Å². The van der Waals surface area contributed by atoms with Gasteiger partial charge in [-0.2, -0.15) is 0 Å². The van der Waals surface area contributed by atoms with Crippen molar-refractivity contribution in [3.05, 3.63) is 169 Å². The minimum Gasteiger partial charge on any atom is -0.478 e. The molecule has 0 fully saturated rings. The highest BCUT2D eigenvalue weighted by Gasteiger charge is 2.37. The summed E-state index contributed by atoms with van der Waals surface area (Å²) in [6, 6.07) is 25.9. The molecule has 0 radical (unpaired) electrons. The number of carboxylic acid groups (broad SMARTS) is 2. The van der Waals surface area contributed by atoms with Crippen molar-refractivity contribution >= 4 is 62.8 Å². The number of ether oxygens (including phenoxy) is 1. The van der Waals surface area contributed by atoms with Gasteiger partial charge in [0.05, 0.1) is 28.1 Å². The molecular formula is C70H77N6O8+. The molecule has 0 aromatic heterocycles. The Morgan fingerprint density at radius 2 is 1.32 bits per heavy atom. The second-order valence-corrected chi connectivity index (χ2v) is 23.5. The topological polar surface area (TPSA) is 186 Å². The number of carbonyl (C=O) groups is 4. The minimum atomic E-state index is -1.16. The van der Waals surface area contributed by atoms with Crippen molar-refractivity contribution in [2.75, 3.05) is 49.5 Å². The number of carbonyl (C=O) groups excluding carboxylic acids is 2. The van der Waals surface area contributed by atoms with Gasteiger partial charge in [-0.15, -0.1) is 0 Å². The molecule has 5 aliphatic rings. The molecule has 10 rings (SSSR count). The molecule has 0 bridgehead atoms. The van der Waals surface area contributed by atoms with E-state index in [0.29, 0.717) is 89.7 Å². The molecule has 5 aromatic rings. The van der Waals surface area contributed by atoms with E-state index in [-0.39, 0.29) is 39.6 Å². The number of carboxylic acids is 2. The Morgan fingerprint density at radius 1 is 0.643 bits per heavy atom. The number of nitrogens with zero attached hydrogens (tertiary/aromatic N) is 3. The molecule has 0 saturated carbocycles. The van der Waals surface area contributed by atoms with Crippen LogP contribution < -0.4 is 46.1 Å². The number of aryl methyl sites for hydroxylation is 2. The summed E-state index contributed by atoms with van der Waals surface area (Å²) in [5.74, 6) is -1.16. The van der Waals surface area contributed by atoms with E-state index < -0.39 is 11.9 Å². The SMILES string of the molecule is CCN=c1cc2oc3cc(NCC)c(C)cc3c(-c3ccc(C(=O)NCCCCCCNC(=O)c4ccc(C(=O)O)c(C5=c6cc7c(cc6Oc6cc8c(cc65)C(C)=CC(C)(C)N8CC)=[N+](CC)C(C)(C)C=C7C)c4)cc3C(=O)O)c-2cc1C. The maximum Gasteiger partial charge on any atom is 0.336 e. The van der Waals surface area contributed by atoms with Crippen LogP contribution in [0.1, 0.15) is 170 Å². The van der Waals surface area contributed by atoms with Crippen LogP contribution in [0.15, 0.2) is 106 Å². The van der Waals surface area contributed by atoms with Crippen LogP contribution >= 0.6 is 0 Å². The number of likely N-dealkylation sites (N-methyl/N-ethyl adjacent to an activating group) is 2. The third-order valence-corrected chi connectivity index (χ3v) is 16.9. The summed E-state index contributed by atoms with van der Waals surface area (Å²) in [5.41, 5.74) is 12.7. The number of allylic oxidation sites excluding steroid dienone is 2. The lowest BCUT2D eigenvalue weighted by Crippen LogP contribution is -2.49. The summed E-state index contributed by atoms with van der Waals surface area (Å²) in [6.45, 7) is 28.9. The van der Waals surface area contributed by atoms with E-state index in [1.54, 1.807) is 24.3 Å². The molecule has 4 aliphatic heterocycles. The zero-order valence-electron chi connectivity index (χ0n) is 50.5. The number of anilines is 2. The molecule has 0 atom stereocenters. The first kappa shape index (κ1) is 58.4. The van der Waals surface area contributed by atoms with Crippen molar-refractivity contribution in [2.45, 2.75) is 120 Å². The third-order valence-electron chi connectivity index (χ3n) is 16.9. The van der Waals surface area contributed by atoms with E-state index in [1.165, 1.54) is 12.1 Å². The smallest absolute Gasteiger partial charge is 0.336 e. The van der Waals surface area contributed by atoms with Crippen molar-refractivity contribution < 1.29 is 38.5 Å². The van der Waals surface area contributed by atoms with Crippen molar-refractivity contribution in [1.29, 1.82) is 0 Å². The van der Waals surface area contributed by atoms with Crippen molar-refractivity contribution in [2.24, 2.45) is 4.99 Å². The first-order chi connectivity index (χ1) is 40.1. The lowest BCUT2D eigenvalue weighted by atomic mass is 9.83. The van der Waals surface area contributed by atoms with E-state index in [9.17, 15) is 29.4 Å². The van der Waals surface area contributed by atoms with Gasteiger partial charge in [-0.1, -0.05) is 25.0 Å². The zero-order chi connectivity index (χ0) is 60.1. The molecule has 84 heavy (non-hydrogen) atoms. The molecule has 5 aromatic carbocycles. The predicted molar refractivity (Wildman–Crippen MR) is 336 cm³/mol. The minimum absolute atomic E-state index is 0.00320. The van der Waals surface area contributed by atoms with Gasteiger partial charge in [-0.25, -0.2) is 14.2 Å². The average Bonchev–Trinajstić information content (AvgIpc) is 1.76. The van der Waals surface area contributed by atoms with Gasteiger partial charge in [0.15, 0.2) is 5.54 Å². The van der Waals surface area contributed by atoms with Crippen LogP contribution in [0.2, 0.25) is 0 Å². The fourth-order valence-corrected chi connectivity index (χ4v) is 13.0. The molecule has 1 aliphatic carbocycles. The fraction of sp³-hybridized carbons (Fsp3) is 0.343. The quantitative estimate of drug-likeness (QED) is 0.0315. The fourth-order valence-electron chi connectivity index (χ4n) is 13.0. The number of fused-ring (bicyclic) bond motifs is 6. The highest BCUT2D eigenvalue weighted by Crippen LogP contribution is 2.48. The second-order valence-electron chi connectivity index (χ2n) is 23.5. The molecule has 0 unspecified atom stereocenters. The van der Waals surface area contributed by atoms with Crippen LogP contribution in [0.5, 0.6) is 11.5 Å². The number of aromatic carboxylic acids is 2. The average molecular weight is 1130 g/mol. The molecule has 434 valence electrons. The van der Waals surface area contributed by atoms with Crippen LogP contribution in [0.4, 0.5) is 11.4 Å². The van der Waals surface area contributed by atoms with Crippen LogP contribution in [0.3, 0.4) is 0 Å². The van der Waals surface area contributed by atoms with E-state index in [0.717, 1.165) is 103 Å². The number of hydrogen-bond donors (Lipinski definition) is 5. The lowest BCUT2D eigenvalue weighted by Gasteiger charge is -2.43. The Balaban J connectivity index is 0.854. The summed E-state index contributed by atoms with van der Waals surface area (Å²) in [5, 5.41) is 34.3. The van der Waals surface area contributed by atoms with Gasteiger partial charge >= 0.3 is 11.9 Å². The van der Waals surface area contributed by atoms with Gasteiger partial charge in [0.25, 0.3) is 11.8 Å². The summed E-state index contributed by atoms with van der Waals surface area (Å²) in [7, 11) is 0. The number of nitrogens with one attached hydrogen (secondary N) is 3. The van der Waals surface area contributed by atoms with Crippen LogP contribution in [0, 0.1) is 13.8 Å². The summed E-state index contributed by atoms with van der Waals surface area (Å²) >= 11 is 0. The lowest BCUT2D eigenvalue weighted by molar-refractivity contribution is 0.0686. The van der Waals surface area contributed by atoms with Gasteiger partial charge in [0, 0.05) is 131 Å². The molecule has 14 nitrogen and oxygen atoms in total. The van der Waals surface area contributed by atoms with E-state index in [2.05, 4.69) is 122 Å². The number of rotatable bonds is 18. The maximum absolute atomic E-state index is 14.1. The molecule has 0 saturated heterocycles. The molecule has 5 N–H and O–H groups in total. The van der Waals surface area contributed by atoms with Crippen LogP contribution in [-0.4, -0.2) is 84.3 Å². The van der Waals surface area contributed by atoms with Gasteiger partial charge in [0.2, 0.25) is 5.36 Å². The highest BCUT2D eigenvalue weighted by atomic mass is 16.5. The summed E-state index contributed by atoms with van der Waals surface area (Å²) in [6.07, 6.45) is 7.42. The highest BCUT2D eigenvalue weighted by molar-refractivity contribution is 6.10. The van der Waals surface area contributed by atoms with E-state index in [4.69, 9.17) is 9.15 Å². The molecule has 0 spiro atoms. The third kappa shape index (κ3) is 10.8. The Morgan fingerprint density at radius 3 is 1.98 bits per heavy atom. The van der Waals surface area contributed by atoms with Gasteiger partial charge < -0.3 is 40.2 Å². The second kappa shape index (κ2) is 23.1. The zero-order valence-corrected chi connectivity index (χ0v) is 50.5. The van der Waals surface area contributed by atoms with Gasteiger partial charge in [0.1, 0.15) is 29.4 Å². The Labute approximate surface area is 491 Å². The van der Waals surface area contributed by atoms with Crippen LogP contribution in [-0.2, 0) is 0 Å².